The van der Waals surface area contributed by atoms with Crippen LogP contribution >= 0.6 is 0 Å². The summed E-state index contributed by atoms with van der Waals surface area (Å²) in [5.41, 5.74) is -0.896. The molecule has 0 aliphatic carbocycles. The minimum atomic E-state index is -1.99. The summed E-state index contributed by atoms with van der Waals surface area (Å²) < 4.78 is 10.4. The number of nitrogens with zero attached hydrogens (tertiary/aromatic N) is 1. The van der Waals surface area contributed by atoms with Gasteiger partial charge in [0, 0.05) is 0 Å². The predicted molar refractivity (Wildman–Crippen MR) is 130 cm³/mol. The van der Waals surface area contributed by atoms with Crippen LogP contribution in [0.2, 0.25) is 0 Å². The highest BCUT2D eigenvalue weighted by Gasteiger charge is 2.56. The lowest BCUT2D eigenvalue weighted by Gasteiger charge is -2.20. The van der Waals surface area contributed by atoms with Gasteiger partial charge < -0.3 is 9.47 Å². The average molecular weight is 542 g/mol. The van der Waals surface area contributed by atoms with Gasteiger partial charge >= 0.3 is 35.9 Å². The zero-order valence-electron chi connectivity index (χ0n) is 21.5. The maximum Gasteiger partial charge on any atom is 0.576 e. The highest BCUT2D eigenvalue weighted by molar-refractivity contribution is 6.09. The molecule has 0 N–H and O–H groups in total. The summed E-state index contributed by atoms with van der Waals surface area (Å²) in [6.07, 6.45) is -3.71. The molecule has 39 heavy (non-hydrogen) atoms. The zero-order valence-corrected chi connectivity index (χ0v) is 21.5. The Balaban J connectivity index is 1.74. The van der Waals surface area contributed by atoms with Gasteiger partial charge in [0.15, 0.2) is 0 Å². The van der Waals surface area contributed by atoms with E-state index >= 15 is 0 Å². The van der Waals surface area contributed by atoms with Crippen LogP contribution in [0.4, 0.5) is 4.79 Å². The zero-order chi connectivity index (χ0) is 28.6. The molecular formula is C27H27NO11. The van der Waals surface area contributed by atoms with Crippen molar-refractivity contribution in [2.24, 2.45) is 5.41 Å². The second-order valence-corrected chi connectivity index (χ2v) is 9.14. The molecule has 12 heteroatoms. The van der Waals surface area contributed by atoms with Gasteiger partial charge in [0.1, 0.15) is 0 Å². The van der Waals surface area contributed by atoms with E-state index in [1.807, 2.05) is 6.92 Å². The largest absolute Gasteiger partial charge is 0.576 e. The molecule has 1 aliphatic rings. The third-order valence-electron chi connectivity index (χ3n) is 5.71. The summed E-state index contributed by atoms with van der Waals surface area (Å²) in [5.74, 6) is -5.55. The molecule has 0 bridgehead atoms. The van der Waals surface area contributed by atoms with E-state index in [-0.39, 0.29) is 16.2 Å². The Morgan fingerprint density at radius 1 is 0.769 bits per heavy atom. The first-order valence-electron chi connectivity index (χ1n) is 12.1. The highest BCUT2D eigenvalue weighted by Crippen LogP contribution is 2.26. The van der Waals surface area contributed by atoms with Crippen molar-refractivity contribution in [3.8, 4) is 0 Å². The average Bonchev–Trinajstić information content (AvgIpc) is 3.15. The van der Waals surface area contributed by atoms with Crippen molar-refractivity contribution in [3.05, 3.63) is 71.8 Å². The van der Waals surface area contributed by atoms with Gasteiger partial charge in [-0.3, -0.25) is 14.4 Å². The molecule has 0 spiro atoms. The van der Waals surface area contributed by atoms with Gasteiger partial charge in [-0.25, -0.2) is 24.2 Å². The van der Waals surface area contributed by atoms with E-state index in [4.69, 9.17) is 9.47 Å². The van der Waals surface area contributed by atoms with Crippen LogP contribution in [0.15, 0.2) is 60.7 Å². The first-order chi connectivity index (χ1) is 18.5. The number of hydroxylamine groups is 2. The second-order valence-electron chi connectivity index (χ2n) is 9.14. The Kier molecular flexibility index (Phi) is 9.37. The van der Waals surface area contributed by atoms with Gasteiger partial charge in [-0.15, -0.1) is 0 Å². The molecule has 12 nitrogen and oxygen atoms in total. The number of amides is 2. The quantitative estimate of drug-likeness (QED) is 0.198. The van der Waals surface area contributed by atoms with Crippen molar-refractivity contribution in [2.45, 2.75) is 52.2 Å². The van der Waals surface area contributed by atoms with E-state index in [9.17, 15) is 28.8 Å². The number of unbranched alkanes of at least 4 members (excludes halogenated alkanes) is 1. The van der Waals surface area contributed by atoms with E-state index in [2.05, 4.69) is 14.6 Å². The van der Waals surface area contributed by atoms with Crippen molar-refractivity contribution in [1.29, 1.82) is 0 Å². The summed E-state index contributed by atoms with van der Waals surface area (Å²) in [5, 5.41) is -0.0791. The van der Waals surface area contributed by atoms with Crippen LogP contribution in [0.3, 0.4) is 0 Å². The lowest BCUT2D eigenvalue weighted by Crippen LogP contribution is -2.37. The monoisotopic (exact) mass is 541 g/mol. The topological polar surface area (TPSA) is 152 Å². The molecule has 206 valence electrons. The molecule has 2 aromatic carbocycles. The molecule has 1 heterocycles. The van der Waals surface area contributed by atoms with Crippen LogP contribution in [-0.4, -0.2) is 53.1 Å². The van der Waals surface area contributed by atoms with Crippen LogP contribution in [0.5, 0.6) is 0 Å². The third-order valence-corrected chi connectivity index (χ3v) is 5.71. The van der Waals surface area contributed by atoms with Gasteiger partial charge in [-0.05, 0) is 44.5 Å². The molecule has 1 aliphatic heterocycles. The molecule has 0 saturated carbocycles. The first kappa shape index (κ1) is 28.8. The molecule has 2 atom stereocenters. The summed E-state index contributed by atoms with van der Waals surface area (Å²) in [4.78, 5) is 89.0. The van der Waals surface area contributed by atoms with Gasteiger partial charge in [-0.2, -0.15) is 4.79 Å². The van der Waals surface area contributed by atoms with Crippen molar-refractivity contribution in [3.63, 3.8) is 0 Å². The second kappa shape index (κ2) is 12.7. The lowest BCUT2D eigenvalue weighted by atomic mass is 9.87. The van der Waals surface area contributed by atoms with E-state index in [0.717, 1.165) is 12.8 Å². The van der Waals surface area contributed by atoms with Crippen molar-refractivity contribution in [1.82, 2.24) is 5.06 Å². The number of imide groups is 1. The number of benzene rings is 2. The molecule has 1 fully saturated rings. The fraction of sp³-hybridized carbons (Fsp3) is 0.333. The molecular weight excluding hydrogens is 514 g/mol. The Hall–Kier alpha value is -4.74. The van der Waals surface area contributed by atoms with Crippen molar-refractivity contribution < 1.29 is 52.9 Å². The van der Waals surface area contributed by atoms with Gasteiger partial charge in [0.05, 0.1) is 16.5 Å². The number of carbonyl (C=O) groups is 6. The predicted octanol–water partition coefficient (Wildman–Crippen LogP) is 3.55. The van der Waals surface area contributed by atoms with E-state index in [1.165, 1.54) is 24.3 Å². The Morgan fingerprint density at radius 3 is 1.67 bits per heavy atom. The molecule has 2 amide bonds. The fourth-order valence-corrected chi connectivity index (χ4v) is 3.42. The van der Waals surface area contributed by atoms with Gasteiger partial charge in [0.2, 0.25) is 12.2 Å². The normalized spacial score (nSPS) is 16.8. The maximum atomic E-state index is 13.0. The summed E-state index contributed by atoms with van der Waals surface area (Å²) >= 11 is 0. The van der Waals surface area contributed by atoms with E-state index in [0.29, 0.717) is 6.42 Å². The van der Waals surface area contributed by atoms with Crippen LogP contribution in [0.1, 0.15) is 60.7 Å². The number of carbonyl (C=O) groups excluding carboxylic acids is 6. The van der Waals surface area contributed by atoms with Crippen molar-refractivity contribution >= 4 is 35.9 Å². The minimum Gasteiger partial charge on any atom is -0.444 e. The minimum absolute atomic E-state index is 0.0438. The highest BCUT2D eigenvalue weighted by atomic mass is 17.2. The summed E-state index contributed by atoms with van der Waals surface area (Å²) in [7, 11) is 0. The fourth-order valence-electron chi connectivity index (χ4n) is 3.42. The molecule has 0 unspecified atom stereocenters. The number of rotatable bonds is 9. The number of esters is 2. The standard InChI is InChI=1S/C27H27NO11/c1-4-5-16-27(2,3)25(33)38-39-26(34)37-28-21(29)19(35-23(31)17-12-8-6-9-13-17)20(22(28)30)36-24(32)18-14-10-7-11-15-18/h6-15,19-20H,4-5,16H2,1-3H3/t19-,20-/m1/s1. The smallest absolute Gasteiger partial charge is 0.444 e. The van der Waals surface area contributed by atoms with Crippen LogP contribution in [-0.2, 0) is 38.5 Å². The molecule has 0 aromatic heterocycles. The van der Waals surface area contributed by atoms with E-state index < -0.39 is 53.5 Å². The molecule has 0 radical (unpaired) electrons. The summed E-state index contributed by atoms with van der Waals surface area (Å²) in [6.45, 7) is 5.11. The van der Waals surface area contributed by atoms with Crippen LogP contribution in [0.25, 0.3) is 0 Å². The molecule has 3 rings (SSSR count). The first-order valence-corrected chi connectivity index (χ1v) is 12.1. The van der Waals surface area contributed by atoms with Gasteiger partial charge in [0.25, 0.3) is 0 Å². The van der Waals surface area contributed by atoms with Gasteiger partial charge in [-0.1, -0.05) is 61.2 Å². The summed E-state index contributed by atoms with van der Waals surface area (Å²) in [6, 6.07) is 15.1. The molecule has 1 saturated heterocycles. The lowest BCUT2D eigenvalue weighted by molar-refractivity contribution is -0.264. The number of hydrogen-bond donors (Lipinski definition) is 0. The Labute approximate surface area is 223 Å². The number of ether oxygens (including phenoxy) is 2. The Morgan fingerprint density at radius 2 is 1.23 bits per heavy atom. The van der Waals surface area contributed by atoms with Crippen LogP contribution in [0, 0.1) is 5.41 Å². The SMILES string of the molecule is CCCCC(C)(C)C(=O)OOC(=O)ON1C(=O)[C@H](OC(=O)c2ccccc2)[C@@H](OC(=O)c2ccccc2)C1=O. The third kappa shape index (κ3) is 7.18. The Bertz CT molecular complexity index is 1160. The molecule has 2 aromatic rings. The maximum absolute atomic E-state index is 13.0. The van der Waals surface area contributed by atoms with Crippen LogP contribution < -0.4 is 0 Å². The van der Waals surface area contributed by atoms with E-state index in [1.54, 1.807) is 50.2 Å². The number of hydrogen-bond acceptors (Lipinski definition) is 11. The van der Waals surface area contributed by atoms with Crippen molar-refractivity contribution in [2.75, 3.05) is 0 Å².